The number of aryl methyl sites for hydroxylation is 1. The molecule has 140 valence electrons. The van der Waals surface area contributed by atoms with Crippen LogP contribution in [0.25, 0.3) is 11.0 Å². The van der Waals surface area contributed by atoms with Crippen LogP contribution < -0.4 is 11.2 Å². The zero-order valence-electron chi connectivity index (χ0n) is 15.4. The molecule has 7 nitrogen and oxygen atoms in total. The van der Waals surface area contributed by atoms with E-state index in [1.807, 2.05) is 18.2 Å². The first kappa shape index (κ1) is 17.9. The molecule has 0 unspecified atom stereocenters. The quantitative estimate of drug-likeness (QED) is 0.508. The molecule has 0 aliphatic heterocycles. The molecule has 0 spiro atoms. The van der Waals surface area contributed by atoms with Gasteiger partial charge in [0.25, 0.3) is 5.56 Å². The number of rotatable bonds is 4. The molecule has 1 aliphatic rings. The minimum atomic E-state index is -0.371. The van der Waals surface area contributed by atoms with Crippen molar-refractivity contribution in [1.82, 2.24) is 24.1 Å². The smallest absolute Gasteiger partial charge is 0.280 e. The average Bonchev–Trinajstić information content (AvgIpc) is 3.24. The number of nitrogens with zero attached hydrogens (tertiary/aromatic N) is 5. The van der Waals surface area contributed by atoms with Gasteiger partial charge in [-0.05, 0) is 25.0 Å². The molecular formula is C19H21N5O2S. The fraction of sp³-hybridized carbons (Fsp3) is 0.421. The highest BCUT2D eigenvalue weighted by Gasteiger charge is 2.24. The van der Waals surface area contributed by atoms with E-state index < -0.39 is 0 Å². The normalized spacial score (nSPS) is 14.9. The van der Waals surface area contributed by atoms with Crippen LogP contribution in [-0.4, -0.2) is 24.1 Å². The predicted octanol–water partition coefficient (Wildman–Crippen LogP) is 2.37. The van der Waals surface area contributed by atoms with Crippen molar-refractivity contribution in [1.29, 1.82) is 0 Å². The van der Waals surface area contributed by atoms with Crippen LogP contribution in [-0.2, 0) is 19.8 Å². The Morgan fingerprint density at radius 2 is 1.89 bits per heavy atom. The van der Waals surface area contributed by atoms with Crippen molar-refractivity contribution in [3.63, 3.8) is 0 Å². The lowest BCUT2D eigenvalue weighted by atomic mass is 10.1. The Bertz CT molecular complexity index is 1100. The number of aromatic nitrogens is 5. The van der Waals surface area contributed by atoms with Gasteiger partial charge in [-0.1, -0.05) is 30.7 Å². The summed E-state index contributed by atoms with van der Waals surface area (Å²) in [6.07, 6.45) is 6.18. The van der Waals surface area contributed by atoms with Crippen LogP contribution in [0.3, 0.4) is 0 Å². The van der Waals surface area contributed by atoms with Crippen molar-refractivity contribution in [2.75, 3.05) is 0 Å². The summed E-state index contributed by atoms with van der Waals surface area (Å²) in [4.78, 5) is 38.9. The van der Waals surface area contributed by atoms with Gasteiger partial charge >= 0.3 is 5.69 Å². The van der Waals surface area contributed by atoms with Crippen molar-refractivity contribution < 1.29 is 0 Å². The number of hydrogen-bond donors (Lipinski definition) is 0. The molecule has 1 fully saturated rings. The van der Waals surface area contributed by atoms with Crippen LogP contribution >= 0.6 is 11.8 Å². The summed E-state index contributed by atoms with van der Waals surface area (Å²) in [6.45, 7) is 0. The Morgan fingerprint density at radius 1 is 1.11 bits per heavy atom. The summed E-state index contributed by atoms with van der Waals surface area (Å²) < 4.78 is 2.56. The van der Waals surface area contributed by atoms with Gasteiger partial charge in [-0.15, -0.1) is 0 Å². The van der Waals surface area contributed by atoms with E-state index in [1.165, 1.54) is 23.4 Å². The minimum Gasteiger partial charge on any atom is -0.280 e. The molecule has 27 heavy (non-hydrogen) atoms. The summed E-state index contributed by atoms with van der Waals surface area (Å²) in [5, 5.41) is 1.03. The van der Waals surface area contributed by atoms with Crippen molar-refractivity contribution in [2.45, 2.75) is 42.4 Å². The minimum absolute atomic E-state index is 0.294. The van der Waals surface area contributed by atoms with Gasteiger partial charge in [0, 0.05) is 32.0 Å². The molecule has 0 saturated heterocycles. The Balaban J connectivity index is 1.88. The zero-order valence-corrected chi connectivity index (χ0v) is 16.2. The molecule has 0 bridgehead atoms. The van der Waals surface area contributed by atoms with Gasteiger partial charge in [-0.3, -0.25) is 18.9 Å². The first-order chi connectivity index (χ1) is 13.1. The van der Waals surface area contributed by atoms with Gasteiger partial charge in [0.05, 0.1) is 5.69 Å². The average molecular weight is 383 g/mol. The maximum atomic E-state index is 12.8. The van der Waals surface area contributed by atoms with Crippen molar-refractivity contribution in [3.05, 3.63) is 56.8 Å². The fourth-order valence-electron chi connectivity index (χ4n) is 3.54. The molecule has 0 N–H and O–H groups in total. The summed E-state index contributed by atoms with van der Waals surface area (Å²) >= 11 is 1.47. The van der Waals surface area contributed by atoms with Crippen molar-refractivity contribution in [2.24, 2.45) is 14.1 Å². The third-order valence-corrected chi connectivity index (χ3v) is 6.10. The lowest BCUT2D eigenvalue weighted by molar-refractivity contribution is 0.648. The maximum Gasteiger partial charge on any atom is 0.332 e. The van der Waals surface area contributed by atoms with E-state index >= 15 is 0 Å². The third kappa shape index (κ3) is 3.29. The molecular weight excluding hydrogens is 362 g/mol. The fourth-order valence-corrected chi connectivity index (χ4v) is 4.48. The molecule has 4 rings (SSSR count). The summed E-state index contributed by atoms with van der Waals surface area (Å²) in [5.41, 5.74) is 0.612. The molecule has 3 heterocycles. The standard InChI is InChI=1S/C19H21N5O2S/c1-23-16-14(18(25)24(2)19(23)26)17(27-11-13-9-5-6-10-20-13)22-15(21-16)12-7-3-4-8-12/h5-6,9-10,12H,3-4,7-8,11H2,1-2H3. The molecule has 0 radical (unpaired) electrons. The molecule has 1 saturated carbocycles. The van der Waals surface area contributed by atoms with Crippen LogP contribution in [0.5, 0.6) is 0 Å². The van der Waals surface area contributed by atoms with Gasteiger partial charge in [0.2, 0.25) is 0 Å². The van der Waals surface area contributed by atoms with E-state index in [0.717, 1.165) is 41.8 Å². The predicted molar refractivity (Wildman–Crippen MR) is 105 cm³/mol. The second-order valence-electron chi connectivity index (χ2n) is 6.88. The topological polar surface area (TPSA) is 82.7 Å². The van der Waals surface area contributed by atoms with Crippen molar-refractivity contribution in [3.8, 4) is 0 Å². The molecule has 3 aromatic rings. The number of hydrogen-bond acceptors (Lipinski definition) is 6. The SMILES string of the molecule is Cn1c(=O)c2c(SCc3ccccn3)nc(C3CCCC3)nc2n(C)c1=O. The van der Waals surface area contributed by atoms with E-state index in [9.17, 15) is 9.59 Å². The Kier molecular flexibility index (Phi) is 4.82. The maximum absolute atomic E-state index is 12.8. The highest BCUT2D eigenvalue weighted by molar-refractivity contribution is 7.98. The monoisotopic (exact) mass is 383 g/mol. The Hall–Kier alpha value is -2.48. The lowest BCUT2D eigenvalue weighted by Gasteiger charge is -2.14. The second-order valence-corrected chi connectivity index (χ2v) is 7.85. The Morgan fingerprint density at radius 3 is 2.59 bits per heavy atom. The van der Waals surface area contributed by atoms with Crippen LogP contribution in [0.1, 0.15) is 43.1 Å². The lowest BCUT2D eigenvalue weighted by Crippen LogP contribution is -2.38. The Labute approximate surface area is 160 Å². The van der Waals surface area contributed by atoms with Gasteiger partial charge in [-0.2, -0.15) is 0 Å². The van der Waals surface area contributed by atoms with E-state index in [-0.39, 0.29) is 11.2 Å². The highest BCUT2D eigenvalue weighted by Crippen LogP contribution is 2.34. The van der Waals surface area contributed by atoms with Crippen LogP contribution in [0.15, 0.2) is 39.0 Å². The van der Waals surface area contributed by atoms with E-state index in [4.69, 9.17) is 4.98 Å². The molecule has 0 aromatic carbocycles. The molecule has 3 aromatic heterocycles. The number of thioether (sulfide) groups is 1. The van der Waals surface area contributed by atoms with Gasteiger partial charge < -0.3 is 0 Å². The van der Waals surface area contributed by atoms with Crippen LogP contribution in [0, 0.1) is 0 Å². The largest absolute Gasteiger partial charge is 0.332 e. The van der Waals surface area contributed by atoms with Gasteiger partial charge in [0.15, 0.2) is 5.65 Å². The summed E-state index contributed by atoms with van der Waals surface area (Å²) in [5.74, 6) is 1.64. The first-order valence-corrected chi connectivity index (χ1v) is 10.0. The first-order valence-electron chi connectivity index (χ1n) is 9.06. The molecule has 0 atom stereocenters. The second kappa shape index (κ2) is 7.26. The van der Waals surface area contributed by atoms with E-state index in [2.05, 4.69) is 9.97 Å². The highest BCUT2D eigenvalue weighted by atomic mass is 32.2. The molecule has 1 aliphatic carbocycles. The molecule has 0 amide bonds. The number of fused-ring (bicyclic) bond motifs is 1. The van der Waals surface area contributed by atoms with Crippen LogP contribution in [0.2, 0.25) is 0 Å². The molecule has 8 heteroatoms. The summed E-state index contributed by atoms with van der Waals surface area (Å²) in [7, 11) is 3.14. The third-order valence-electron chi connectivity index (χ3n) is 5.09. The van der Waals surface area contributed by atoms with Gasteiger partial charge in [0.1, 0.15) is 16.2 Å². The van der Waals surface area contributed by atoms with E-state index in [1.54, 1.807) is 13.2 Å². The van der Waals surface area contributed by atoms with Crippen molar-refractivity contribution >= 4 is 22.8 Å². The zero-order chi connectivity index (χ0) is 19.0. The number of pyridine rings is 1. The van der Waals surface area contributed by atoms with Gasteiger partial charge in [-0.25, -0.2) is 14.8 Å². The van der Waals surface area contributed by atoms with E-state index in [0.29, 0.717) is 27.7 Å². The summed E-state index contributed by atoms with van der Waals surface area (Å²) in [6, 6.07) is 5.76. The van der Waals surface area contributed by atoms with Crippen LogP contribution in [0.4, 0.5) is 0 Å².